The smallest absolute Gasteiger partial charge is 0.468 e. The highest BCUT2D eigenvalue weighted by atomic mass is 32.3. The second kappa shape index (κ2) is 18.1. The van der Waals surface area contributed by atoms with Crippen molar-refractivity contribution >= 4 is 16.4 Å². The van der Waals surface area contributed by atoms with Gasteiger partial charge < -0.3 is 13.7 Å². The minimum absolute atomic E-state index is 0.221. The second-order valence-electron chi connectivity index (χ2n) is 15.0. The molecule has 0 bridgehead atoms. The maximum absolute atomic E-state index is 12.4. The van der Waals surface area contributed by atoms with Crippen molar-refractivity contribution in [2.24, 2.45) is 17.8 Å². The first-order chi connectivity index (χ1) is 21.4. The summed E-state index contributed by atoms with van der Waals surface area (Å²) in [5.74, 6) is 2.78. The molecule has 0 saturated heterocycles. The summed E-state index contributed by atoms with van der Waals surface area (Å²) < 4.78 is 46.3. The van der Waals surface area contributed by atoms with Crippen molar-refractivity contribution in [1.82, 2.24) is 5.48 Å². The van der Waals surface area contributed by atoms with Gasteiger partial charge in [-0.25, -0.2) is 4.79 Å². The lowest BCUT2D eigenvalue weighted by Crippen LogP contribution is -2.43. The summed E-state index contributed by atoms with van der Waals surface area (Å²) >= 11 is 0. The van der Waals surface area contributed by atoms with E-state index in [2.05, 4.69) is 44.3 Å². The number of ether oxygens (including phenoxy) is 2. The molecule has 266 valence electrons. The molecule has 1 aromatic rings. The van der Waals surface area contributed by atoms with Gasteiger partial charge in [0.2, 0.25) is 0 Å². The Hall–Kier alpha value is -1.84. The number of hydroxylamine groups is 1. The third-order valence-corrected chi connectivity index (χ3v) is 11.0. The molecule has 1 aliphatic heterocycles. The number of carbonyl (C=O) groups is 1. The molecule has 0 saturated carbocycles. The first-order valence-corrected chi connectivity index (χ1v) is 19.1. The third-order valence-electron chi connectivity index (χ3n) is 10.3. The molecule has 1 N–H and O–H groups in total. The van der Waals surface area contributed by atoms with E-state index < -0.39 is 28.5 Å². The molecule has 1 aromatic carbocycles. The van der Waals surface area contributed by atoms with Crippen molar-refractivity contribution < 1.29 is 31.2 Å². The van der Waals surface area contributed by atoms with Crippen molar-refractivity contribution in [1.29, 1.82) is 0 Å². The van der Waals surface area contributed by atoms with Crippen molar-refractivity contribution in [2.75, 3.05) is 6.61 Å². The lowest BCUT2D eigenvalue weighted by Gasteiger charge is -2.38. The van der Waals surface area contributed by atoms with Gasteiger partial charge in [-0.05, 0) is 108 Å². The molecule has 0 spiro atoms. The molecule has 0 amide bonds. The first-order valence-electron chi connectivity index (χ1n) is 17.8. The van der Waals surface area contributed by atoms with E-state index in [0.29, 0.717) is 18.6 Å². The van der Waals surface area contributed by atoms with Gasteiger partial charge in [-0.15, -0.1) is 4.28 Å². The summed E-state index contributed by atoms with van der Waals surface area (Å²) in [5, 5.41) is 0. The number of hydrogen-bond acceptors (Lipinski definition) is 8. The molecule has 3 atom stereocenters. The fourth-order valence-electron chi connectivity index (χ4n) is 6.31. The molecule has 2 rings (SSSR count). The number of benzene rings is 1. The van der Waals surface area contributed by atoms with Crippen LogP contribution < -0.4 is 15.0 Å². The van der Waals surface area contributed by atoms with Crippen LogP contribution in [-0.2, 0) is 30.1 Å². The van der Waals surface area contributed by atoms with Gasteiger partial charge in [0.15, 0.2) is 6.61 Å². The monoisotopic (exact) mass is 667 g/mol. The Kier molecular flexibility index (Phi) is 15.8. The van der Waals surface area contributed by atoms with Crippen LogP contribution in [0.4, 0.5) is 0 Å². The average Bonchev–Trinajstić information content (AvgIpc) is 2.98. The Morgan fingerprint density at radius 1 is 0.913 bits per heavy atom. The predicted octanol–water partition coefficient (Wildman–Crippen LogP) is 9.40. The molecule has 1 heterocycles. The first kappa shape index (κ1) is 40.3. The van der Waals surface area contributed by atoms with Gasteiger partial charge in [-0.1, -0.05) is 86.5 Å². The highest BCUT2D eigenvalue weighted by Gasteiger charge is 2.35. The zero-order chi connectivity index (χ0) is 34.7. The fourth-order valence-corrected chi connectivity index (χ4v) is 6.92. The van der Waals surface area contributed by atoms with E-state index in [-0.39, 0.29) is 5.60 Å². The summed E-state index contributed by atoms with van der Waals surface area (Å²) in [5.41, 5.74) is 5.54. The van der Waals surface area contributed by atoms with Crippen LogP contribution in [-0.4, -0.2) is 32.1 Å². The Bertz CT molecular complexity index is 1220. The van der Waals surface area contributed by atoms with Crippen molar-refractivity contribution in [3.8, 4) is 11.5 Å². The molecule has 0 aromatic heterocycles. The van der Waals surface area contributed by atoms with E-state index in [4.69, 9.17) is 13.8 Å². The second-order valence-corrected chi connectivity index (χ2v) is 16.2. The highest BCUT2D eigenvalue weighted by Crippen LogP contribution is 2.45. The van der Waals surface area contributed by atoms with Crippen LogP contribution in [0.3, 0.4) is 0 Å². The summed E-state index contributed by atoms with van der Waals surface area (Å²) in [7, 11) is -4.58. The molecule has 8 nitrogen and oxygen atoms in total. The molecule has 0 fully saturated rings. The Labute approximate surface area is 281 Å². The average molecular weight is 668 g/mol. The zero-order valence-electron chi connectivity index (χ0n) is 30.9. The van der Waals surface area contributed by atoms with Crippen molar-refractivity contribution in [3.63, 3.8) is 0 Å². The molecule has 0 radical (unpaired) electrons. The molecule has 0 aliphatic carbocycles. The molecular weight excluding hydrogens is 602 g/mol. The summed E-state index contributed by atoms with van der Waals surface area (Å²) in [6, 6.07) is 0. The van der Waals surface area contributed by atoms with Crippen LogP contribution in [0.1, 0.15) is 155 Å². The van der Waals surface area contributed by atoms with Crippen LogP contribution in [0.15, 0.2) is 0 Å². The van der Waals surface area contributed by atoms with Gasteiger partial charge in [0.25, 0.3) is 0 Å². The minimum Gasteiger partial charge on any atom is -0.487 e. The summed E-state index contributed by atoms with van der Waals surface area (Å²) in [6.07, 6.45) is 14.4. The number of rotatable bonds is 21. The number of fused-ring (bicyclic) bond motifs is 1. The van der Waals surface area contributed by atoms with E-state index >= 15 is 0 Å². The topological polar surface area (TPSA) is 100 Å². The van der Waals surface area contributed by atoms with Gasteiger partial charge in [0, 0.05) is 11.1 Å². The van der Waals surface area contributed by atoms with Crippen LogP contribution >= 0.6 is 0 Å². The molecule has 0 unspecified atom stereocenters. The van der Waals surface area contributed by atoms with E-state index in [0.717, 1.165) is 71.4 Å². The quantitative estimate of drug-likeness (QED) is 0.129. The maximum atomic E-state index is 12.4. The highest BCUT2D eigenvalue weighted by molar-refractivity contribution is 7.82. The summed E-state index contributed by atoms with van der Waals surface area (Å²) in [4.78, 5) is 12.4. The lowest BCUT2D eigenvalue weighted by molar-refractivity contribution is -0.137. The van der Waals surface area contributed by atoms with E-state index in [1.807, 2.05) is 41.5 Å². The van der Waals surface area contributed by atoms with Crippen LogP contribution in [0.2, 0.25) is 0 Å². The largest absolute Gasteiger partial charge is 0.487 e. The lowest BCUT2D eigenvalue weighted by atomic mass is 9.83. The van der Waals surface area contributed by atoms with Crippen molar-refractivity contribution in [3.05, 3.63) is 22.3 Å². The van der Waals surface area contributed by atoms with Crippen LogP contribution in [0.25, 0.3) is 0 Å². The number of carbonyl (C=O) groups excluding carboxylic acids is 1. The zero-order valence-corrected chi connectivity index (χ0v) is 31.7. The van der Waals surface area contributed by atoms with Crippen LogP contribution in [0, 0.1) is 38.5 Å². The predicted molar refractivity (Wildman–Crippen MR) is 186 cm³/mol. The van der Waals surface area contributed by atoms with Crippen molar-refractivity contribution in [2.45, 2.75) is 171 Å². The molecular formula is C37H65NO7S. The third kappa shape index (κ3) is 12.6. The van der Waals surface area contributed by atoms with E-state index in [1.54, 1.807) is 0 Å². The van der Waals surface area contributed by atoms with Gasteiger partial charge in [0.1, 0.15) is 17.1 Å². The van der Waals surface area contributed by atoms with E-state index in [1.165, 1.54) is 44.9 Å². The fraction of sp³-hybridized carbons (Fsp3) is 0.811. The van der Waals surface area contributed by atoms with Gasteiger partial charge in [-0.3, -0.25) is 0 Å². The minimum atomic E-state index is -4.58. The van der Waals surface area contributed by atoms with E-state index in [9.17, 15) is 13.2 Å². The SMILES string of the molecule is CCC(C)(CC)NOS(=O)(=O)OC(=O)COc1c(C)c(C)c2c(c1C)CC[C@@](C)(CCC[C@H](C)CCC[C@H](C)CCCC(C)C)O2. The Balaban J connectivity index is 1.90. The molecule has 46 heavy (non-hydrogen) atoms. The normalized spacial score (nSPS) is 18.2. The Morgan fingerprint density at radius 3 is 2.04 bits per heavy atom. The maximum Gasteiger partial charge on any atom is 0.468 e. The number of nitrogens with one attached hydrogen (secondary N) is 1. The number of hydrogen-bond donors (Lipinski definition) is 1. The Morgan fingerprint density at radius 2 is 1.48 bits per heavy atom. The van der Waals surface area contributed by atoms with Crippen LogP contribution in [0.5, 0.6) is 11.5 Å². The molecule has 9 heteroatoms. The standard InChI is InChI=1S/C37H65NO7S/c1-12-36(10,13-2)38-45-46(40,41)44-33(39)25-42-34-29(7)30(8)35-32(31(34)9)22-24-37(11,43-35)23-16-21-28(6)20-15-19-27(5)18-14-17-26(3)4/h26-28,38H,12-25H2,1-11H3/t27-,28-,37-/m1/s1. The van der Waals surface area contributed by atoms with Gasteiger partial charge in [-0.2, -0.15) is 13.9 Å². The molecule has 1 aliphatic rings. The van der Waals surface area contributed by atoms with Gasteiger partial charge >= 0.3 is 16.4 Å². The summed E-state index contributed by atoms with van der Waals surface area (Å²) in [6.45, 7) is 22.6. The van der Waals surface area contributed by atoms with Gasteiger partial charge in [0.05, 0.1) is 0 Å².